The molecule has 1 saturated heterocycles. The van der Waals surface area contributed by atoms with Gasteiger partial charge in [0.1, 0.15) is 0 Å². The van der Waals surface area contributed by atoms with Crippen LogP contribution in [0.4, 0.5) is 5.69 Å². The van der Waals surface area contributed by atoms with E-state index in [0.29, 0.717) is 12.8 Å². The number of hydrogen-bond acceptors (Lipinski definition) is 3. The summed E-state index contributed by atoms with van der Waals surface area (Å²) >= 11 is 0. The van der Waals surface area contributed by atoms with E-state index in [1.807, 2.05) is 13.8 Å². The molecule has 1 aliphatic heterocycles. The normalized spacial score (nSPS) is 16.5. The SMILES string of the molecule is Cc1cc(C)c(N)c(CCC2CC(=O)NC(=O)C2)c1. The van der Waals surface area contributed by atoms with Gasteiger partial charge < -0.3 is 5.73 Å². The number of carbonyl (C=O) groups is 2. The number of imide groups is 1. The van der Waals surface area contributed by atoms with Crippen LogP contribution in [0.15, 0.2) is 12.1 Å². The fraction of sp³-hybridized carbons (Fsp3) is 0.467. The summed E-state index contributed by atoms with van der Waals surface area (Å²) in [5.41, 5.74) is 10.3. The van der Waals surface area contributed by atoms with Gasteiger partial charge in [0.15, 0.2) is 0 Å². The molecule has 2 rings (SSSR count). The standard InChI is InChI=1S/C15H20N2O2/c1-9-5-10(2)15(16)12(6-9)4-3-11-7-13(18)17-14(19)8-11/h5-6,11H,3-4,7-8,16H2,1-2H3,(H,17,18,19). The summed E-state index contributed by atoms with van der Waals surface area (Å²) in [6, 6.07) is 4.16. The van der Waals surface area contributed by atoms with Gasteiger partial charge in [-0.1, -0.05) is 17.7 Å². The van der Waals surface area contributed by atoms with Crippen LogP contribution >= 0.6 is 0 Å². The second-order valence-corrected chi connectivity index (χ2v) is 5.44. The zero-order valence-electron chi connectivity index (χ0n) is 11.5. The molecule has 3 N–H and O–H groups in total. The highest BCUT2D eigenvalue weighted by Crippen LogP contribution is 2.25. The number of rotatable bonds is 3. The predicted octanol–water partition coefficient (Wildman–Crippen LogP) is 1.87. The number of aryl methyl sites for hydroxylation is 3. The van der Waals surface area contributed by atoms with Gasteiger partial charge in [0.05, 0.1) is 0 Å². The third-order valence-electron chi connectivity index (χ3n) is 3.67. The Kier molecular flexibility index (Phi) is 3.88. The lowest BCUT2D eigenvalue weighted by Gasteiger charge is -2.21. The Morgan fingerprint density at radius 2 is 1.84 bits per heavy atom. The van der Waals surface area contributed by atoms with E-state index in [9.17, 15) is 9.59 Å². The van der Waals surface area contributed by atoms with Crippen LogP contribution in [0.1, 0.15) is 36.0 Å². The Balaban J connectivity index is 2.02. The Bertz CT molecular complexity index is 507. The van der Waals surface area contributed by atoms with Crippen LogP contribution in [0, 0.1) is 19.8 Å². The van der Waals surface area contributed by atoms with Crippen LogP contribution in [-0.4, -0.2) is 11.8 Å². The number of benzene rings is 1. The molecule has 1 fully saturated rings. The first-order chi connectivity index (χ1) is 8.95. The monoisotopic (exact) mass is 260 g/mol. The molecule has 0 saturated carbocycles. The van der Waals surface area contributed by atoms with E-state index in [2.05, 4.69) is 17.4 Å². The van der Waals surface area contributed by atoms with E-state index in [1.54, 1.807) is 0 Å². The molecule has 0 atom stereocenters. The fourth-order valence-electron chi connectivity index (χ4n) is 2.69. The molecule has 0 bridgehead atoms. The number of anilines is 1. The molecular formula is C15H20N2O2. The lowest BCUT2D eigenvalue weighted by Crippen LogP contribution is -2.38. The van der Waals surface area contributed by atoms with Crippen LogP contribution in [0.25, 0.3) is 0 Å². The molecule has 2 amide bonds. The Morgan fingerprint density at radius 3 is 2.47 bits per heavy atom. The summed E-state index contributed by atoms with van der Waals surface area (Å²) in [6.45, 7) is 4.05. The van der Waals surface area contributed by atoms with Crippen molar-refractivity contribution < 1.29 is 9.59 Å². The van der Waals surface area contributed by atoms with Gasteiger partial charge in [0.2, 0.25) is 11.8 Å². The van der Waals surface area contributed by atoms with Crippen molar-refractivity contribution in [1.82, 2.24) is 5.32 Å². The van der Waals surface area contributed by atoms with Crippen LogP contribution in [0.2, 0.25) is 0 Å². The van der Waals surface area contributed by atoms with Crippen molar-refractivity contribution in [3.05, 3.63) is 28.8 Å². The summed E-state index contributed by atoms with van der Waals surface area (Å²) < 4.78 is 0. The van der Waals surface area contributed by atoms with Crippen molar-refractivity contribution >= 4 is 17.5 Å². The molecular weight excluding hydrogens is 240 g/mol. The Morgan fingerprint density at radius 1 is 1.21 bits per heavy atom. The molecule has 102 valence electrons. The number of nitrogen functional groups attached to an aromatic ring is 1. The van der Waals surface area contributed by atoms with Gasteiger partial charge in [-0.3, -0.25) is 14.9 Å². The first-order valence-electron chi connectivity index (χ1n) is 6.64. The smallest absolute Gasteiger partial charge is 0.226 e. The van der Waals surface area contributed by atoms with Crippen molar-refractivity contribution in [2.24, 2.45) is 5.92 Å². The molecule has 1 aromatic rings. The van der Waals surface area contributed by atoms with E-state index in [-0.39, 0.29) is 17.7 Å². The molecule has 0 unspecified atom stereocenters. The number of amides is 2. The van der Waals surface area contributed by atoms with E-state index < -0.39 is 0 Å². The first-order valence-corrected chi connectivity index (χ1v) is 6.64. The summed E-state index contributed by atoms with van der Waals surface area (Å²) in [4.78, 5) is 22.6. The molecule has 0 radical (unpaired) electrons. The molecule has 4 heteroatoms. The van der Waals surface area contributed by atoms with E-state index in [4.69, 9.17) is 5.73 Å². The number of nitrogens with two attached hydrogens (primary N) is 1. The molecule has 19 heavy (non-hydrogen) atoms. The van der Waals surface area contributed by atoms with Crippen molar-refractivity contribution in [2.45, 2.75) is 39.5 Å². The Labute approximate surface area is 113 Å². The van der Waals surface area contributed by atoms with E-state index in [0.717, 1.165) is 29.7 Å². The minimum atomic E-state index is -0.158. The third-order valence-corrected chi connectivity index (χ3v) is 3.67. The highest BCUT2D eigenvalue weighted by atomic mass is 16.2. The molecule has 0 spiro atoms. The van der Waals surface area contributed by atoms with E-state index >= 15 is 0 Å². The lowest BCUT2D eigenvalue weighted by atomic mass is 9.89. The largest absolute Gasteiger partial charge is 0.398 e. The molecule has 0 aliphatic carbocycles. The van der Waals surface area contributed by atoms with Crippen molar-refractivity contribution in [3.63, 3.8) is 0 Å². The van der Waals surface area contributed by atoms with Crippen molar-refractivity contribution in [1.29, 1.82) is 0 Å². The van der Waals surface area contributed by atoms with Crippen LogP contribution in [0.3, 0.4) is 0 Å². The van der Waals surface area contributed by atoms with Gasteiger partial charge in [-0.25, -0.2) is 0 Å². The highest BCUT2D eigenvalue weighted by Gasteiger charge is 2.24. The molecule has 4 nitrogen and oxygen atoms in total. The lowest BCUT2D eigenvalue weighted by molar-refractivity contribution is -0.134. The summed E-state index contributed by atoms with van der Waals surface area (Å²) in [5.74, 6) is -0.175. The van der Waals surface area contributed by atoms with Gasteiger partial charge >= 0.3 is 0 Å². The maximum Gasteiger partial charge on any atom is 0.226 e. The number of hydrogen-bond donors (Lipinski definition) is 2. The summed E-state index contributed by atoms with van der Waals surface area (Å²) in [6.07, 6.45) is 2.53. The number of carbonyl (C=O) groups excluding carboxylic acids is 2. The zero-order chi connectivity index (χ0) is 14.0. The summed E-state index contributed by atoms with van der Waals surface area (Å²) in [5, 5.41) is 2.33. The Hall–Kier alpha value is -1.84. The average molecular weight is 260 g/mol. The molecule has 1 aromatic carbocycles. The van der Waals surface area contributed by atoms with Gasteiger partial charge in [0.25, 0.3) is 0 Å². The number of piperidine rings is 1. The maximum absolute atomic E-state index is 11.3. The van der Waals surface area contributed by atoms with Gasteiger partial charge in [0, 0.05) is 18.5 Å². The average Bonchev–Trinajstić information content (AvgIpc) is 2.30. The van der Waals surface area contributed by atoms with Gasteiger partial charge in [-0.15, -0.1) is 0 Å². The minimum Gasteiger partial charge on any atom is -0.398 e. The second kappa shape index (κ2) is 5.43. The zero-order valence-corrected chi connectivity index (χ0v) is 11.5. The highest BCUT2D eigenvalue weighted by molar-refractivity contribution is 5.97. The minimum absolute atomic E-state index is 0.140. The maximum atomic E-state index is 11.3. The fourth-order valence-corrected chi connectivity index (χ4v) is 2.69. The van der Waals surface area contributed by atoms with Crippen LogP contribution in [0.5, 0.6) is 0 Å². The number of nitrogens with one attached hydrogen (secondary N) is 1. The second-order valence-electron chi connectivity index (χ2n) is 5.44. The molecule has 1 aliphatic rings. The topological polar surface area (TPSA) is 72.2 Å². The molecule has 1 heterocycles. The van der Waals surface area contributed by atoms with Crippen LogP contribution in [-0.2, 0) is 16.0 Å². The van der Waals surface area contributed by atoms with Gasteiger partial charge in [-0.05, 0) is 43.7 Å². The molecule has 0 aromatic heterocycles. The predicted molar refractivity (Wildman–Crippen MR) is 74.5 cm³/mol. The summed E-state index contributed by atoms with van der Waals surface area (Å²) in [7, 11) is 0. The van der Waals surface area contributed by atoms with Crippen molar-refractivity contribution in [3.8, 4) is 0 Å². The third kappa shape index (κ3) is 3.34. The van der Waals surface area contributed by atoms with E-state index in [1.165, 1.54) is 5.56 Å². The van der Waals surface area contributed by atoms with Crippen LogP contribution < -0.4 is 11.1 Å². The first kappa shape index (κ1) is 13.6. The van der Waals surface area contributed by atoms with Gasteiger partial charge in [-0.2, -0.15) is 0 Å². The van der Waals surface area contributed by atoms with Crippen molar-refractivity contribution in [2.75, 3.05) is 5.73 Å². The quantitative estimate of drug-likeness (QED) is 0.643.